The van der Waals surface area contributed by atoms with Gasteiger partial charge in [-0.05, 0) is 42.8 Å². The highest BCUT2D eigenvalue weighted by atomic mass is 35.5. The Morgan fingerprint density at radius 2 is 2.00 bits per heavy atom. The number of aryl methyl sites for hydroxylation is 1. The van der Waals surface area contributed by atoms with Crippen LogP contribution in [-0.2, 0) is 15.8 Å². The minimum atomic E-state index is -3.87. The molecule has 0 aliphatic rings. The van der Waals surface area contributed by atoms with Gasteiger partial charge >= 0.3 is 0 Å². The molecule has 0 amide bonds. The van der Waals surface area contributed by atoms with Crippen molar-refractivity contribution in [2.24, 2.45) is 0 Å². The fourth-order valence-corrected chi connectivity index (χ4v) is 3.62. The maximum atomic E-state index is 13.8. The van der Waals surface area contributed by atoms with E-state index in [1.54, 1.807) is 12.3 Å². The van der Waals surface area contributed by atoms with Crippen molar-refractivity contribution < 1.29 is 12.8 Å². The van der Waals surface area contributed by atoms with Crippen molar-refractivity contribution in [1.29, 1.82) is 0 Å². The summed E-state index contributed by atoms with van der Waals surface area (Å²) >= 11 is 5.80. The summed E-state index contributed by atoms with van der Waals surface area (Å²) in [5, 5.41) is 4.35. The highest BCUT2D eigenvalue weighted by molar-refractivity contribution is 7.91. The van der Waals surface area contributed by atoms with Crippen molar-refractivity contribution in [3.63, 3.8) is 0 Å². The first-order valence-corrected chi connectivity index (χ1v) is 9.28. The first-order valence-electron chi connectivity index (χ1n) is 7.25. The highest BCUT2D eigenvalue weighted by Gasteiger charge is 2.18. The normalized spacial score (nSPS) is 11.5. The molecule has 3 rings (SSSR count). The lowest BCUT2D eigenvalue weighted by molar-refractivity contribution is 0.591. The minimum Gasteiger partial charge on any atom is -0.267 e. The molecule has 2 heterocycles. The molecule has 130 valence electrons. The maximum absolute atomic E-state index is 13.8. The van der Waals surface area contributed by atoms with Gasteiger partial charge in [0.05, 0.1) is 11.9 Å². The second-order valence-electron chi connectivity index (χ2n) is 5.42. The molecule has 0 unspecified atom stereocenters. The Labute approximate surface area is 149 Å². The molecule has 0 radical (unpaired) electrons. The molecule has 25 heavy (non-hydrogen) atoms. The lowest BCUT2D eigenvalue weighted by Crippen LogP contribution is -2.18. The molecule has 0 bridgehead atoms. The largest absolute Gasteiger partial charge is 0.267 e. The summed E-state index contributed by atoms with van der Waals surface area (Å²) in [5.74, 6) is -0.507. The molecule has 6 nitrogen and oxygen atoms in total. The average Bonchev–Trinajstić information content (AvgIpc) is 2.98. The third-order valence-electron chi connectivity index (χ3n) is 3.37. The molecule has 0 saturated carbocycles. The standard InChI is InChI=1S/C16H14ClFN4O2S/c1-11-4-6-19-16(8-11)22-15(5-7-20-22)21-25(23,24)10-12-9-13(17)2-3-14(12)18/h2-9,21H,10H2,1H3. The van der Waals surface area contributed by atoms with Gasteiger partial charge in [0.2, 0.25) is 10.0 Å². The number of nitrogens with zero attached hydrogens (tertiary/aromatic N) is 3. The summed E-state index contributed by atoms with van der Waals surface area (Å²) in [7, 11) is -3.87. The quantitative estimate of drug-likeness (QED) is 0.736. The second-order valence-corrected chi connectivity index (χ2v) is 7.58. The summed E-state index contributed by atoms with van der Waals surface area (Å²) in [4.78, 5) is 4.17. The SMILES string of the molecule is Cc1ccnc(-n2nccc2NS(=O)(=O)Cc2cc(Cl)ccc2F)c1. The number of hydrogen-bond acceptors (Lipinski definition) is 4. The summed E-state index contributed by atoms with van der Waals surface area (Å²) in [6.07, 6.45) is 3.05. The third kappa shape index (κ3) is 4.15. The van der Waals surface area contributed by atoms with Crippen LogP contribution < -0.4 is 4.72 Å². The Hall–Kier alpha value is -2.45. The van der Waals surface area contributed by atoms with Gasteiger partial charge < -0.3 is 0 Å². The van der Waals surface area contributed by atoms with Crippen LogP contribution in [-0.4, -0.2) is 23.2 Å². The predicted octanol–water partition coefficient (Wildman–Crippen LogP) is 3.31. The van der Waals surface area contributed by atoms with Crippen LogP contribution in [0.5, 0.6) is 0 Å². The molecular weight excluding hydrogens is 367 g/mol. The van der Waals surface area contributed by atoms with E-state index in [2.05, 4.69) is 14.8 Å². The smallest absolute Gasteiger partial charge is 0.238 e. The number of benzene rings is 1. The molecule has 0 atom stereocenters. The molecule has 0 aliphatic carbocycles. The average molecular weight is 381 g/mol. The zero-order valence-corrected chi connectivity index (χ0v) is 14.7. The summed E-state index contributed by atoms with van der Waals surface area (Å²) in [6, 6.07) is 8.86. The Bertz CT molecular complexity index is 1020. The number of aromatic nitrogens is 3. The van der Waals surface area contributed by atoms with E-state index < -0.39 is 21.6 Å². The van der Waals surface area contributed by atoms with Crippen LogP contribution in [0.15, 0.2) is 48.8 Å². The summed E-state index contributed by atoms with van der Waals surface area (Å²) in [6.45, 7) is 1.89. The maximum Gasteiger partial charge on any atom is 0.238 e. The zero-order chi connectivity index (χ0) is 18.0. The van der Waals surface area contributed by atoms with Gasteiger partial charge in [-0.1, -0.05) is 11.6 Å². The minimum absolute atomic E-state index is 0.0141. The van der Waals surface area contributed by atoms with Gasteiger partial charge in [-0.3, -0.25) is 4.72 Å². The summed E-state index contributed by atoms with van der Waals surface area (Å²) < 4.78 is 42.3. The Morgan fingerprint density at radius 3 is 2.76 bits per heavy atom. The predicted molar refractivity (Wildman–Crippen MR) is 93.8 cm³/mol. The highest BCUT2D eigenvalue weighted by Crippen LogP contribution is 2.20. The molecule has 2 aromatic heterocycles. The lowest BCUT2D eigenvalue weighted by Gasteiger charge is -2.11. The van der Waals surface area contributed by atoms with Crippen LogP contribution in [0, 0.1) is 12.7 Å². The number of rotatable bonds is 5. The lowest BCUT2D eigenvalue weighted by atomic mass is 10.2. The van der Waals surface area contributed by atoms with Gasteiger partial charge in [0.1, 0.15) is 11.6 Å². The third-order valence-corrected chi connectivity index (χ3v) is 4.82. The molecule has 0 spiro atoms. The van der Waals surface area contributed by atoms with Gasteiger partial charge in [0, 0.05) is 22.8 Å². The van der Waals surface area contributed by atoms with E-state index >= 15 is 0 Å². The Balaban J connectivity index is 1.87. The van der Waals surface area contributed by atoms with E-state index in [-0.39, 0.29) is 16.4 Å². The molecule has 1 N–H and O–H groups in total. The number of anilines is 1. The first-order chi connectivity index (χ1) is 11.8. The first kappa shape index (κ1) is 17.4. The zero-order valence-electron chi connectivity index (χ0n) is 13.1. The van der Waals surface area contributed by atoms with E-state index in [0.29, 0.717) is 5.82 Å². The monoisotopic (exact) mass is 380 g/mol. The van der Waals surface area contributed by atoms with E-state index in [4.69, 9.17) is 11.6 Å². The Morgan fingerprint density at radius 1 is 1.20 bits per heavy atom. The van der Waals surface area contributed by atoms with E-state index in [0.717, 1.165) is 11.6 Å². The topological polar surface area (TPSA) is 76.9 Å². The molecule has 0 aliphatic heterocycles. The fourth-order valence-electron chi connectivity index (χ4n) is 2.25. The van der Waals surface area contributed by atoms with Crippen LogP contribution in [0.1, 0.15) is 11.1 Å². The van der Waals surface area contributed by atoms with E-state index in [1.165, 1.54) is 29.1 Å². The second kappa shape index (κ2) is 6.81. The van der Waals surface area contributed by atoms with Gasteiger partial charge in [-0.15, -0.1) is 0 Å². The van der Waals surface area contributed by atoms with Gasteiger partial charge in [0.15, 0.2) is 5.82 Å². The van der Waals surface area contributed by atoms with Gasteiger partial charge in [0.25, 0.3) is 0 Å². The molecule has 1 aromatic carbocycles. The number of nitrogens with one attached hydrogen (secondary N) is 1. The van der Waals surface area contributed by atoms with Crippen LogP contribution in [0.25, 0.3) is 5.82 Å². The van der Waals surface area contributed by atoms with Crippen LogP contribution in [0.2, 0.25) is 5.02 Å². The summed E-state index contributed by atoms with van der Waals surface area (Å²) in [5.41, 5.74) is 0.940. The molecule has 9 heteroatoms. The van der Waals surface area contributed by atoms with Crippen molar-refractivity contribution in [3.8, 4) is 5.82 Å². The Kier molecular flexibility index (Phi) is 4.73. The number of hydrogen-bond donors (Lipinski definition) is 1. The van der Waals surface area contributed by atoms with Crippen molar-refractivity contribution in [2.45, 2.75) is 12.7 Å². The van der Waals surface area contributed by atoms with Crippen molar-refractivity contribution in [3.05, 3.63) is 70.8 Å². The van der Waals surface area contributed by atoms with Crippen molar-refractivity contribution in [1.82, 2.24) is 14.8 Å². The van der Waals surface area contributed by atoms with Crippen LogP contribution in [0.3, 0.4) is 0 Å². The van der Waals surface area contributed by atoms with E-state index in [1.807, 2.05) is 13.0 Å². The molecular formula is C16H14ClFN4O2S. The molecule has 3 aromatic rings. The van der Waals surface area contributed by atoms with Crippen LogP contribution >= 0.6 is 11.6 Å². The van der Waals surface area contributed by atoms with Gasteiger partial charge in [-0.25, -0.2) is 17.8 Å². The fraction of sp³-hybridized carbons (Fsp3) is 0.125. The number of halogens is 2. The number of sulfonamides is 1. The molecule has 0 saturated heterocycles. The van der Waals surface area contributed by atoms with Crippen molar-refractivity contribution in [2.75, 3.05) is 4.72 Å². The molecule has 0 fully saturated rings. The van der Waals surface area contributed by atoms with Crippen molar-refractivity contribution >= 4 is 27.4 Å². The number of pyridine rings is 1. The van der Waals surface area contributed by atoms with Gasteiger partial charge in [-0.2, -0.15) is 9.78 Å². The van der Waals surface area contributed by atoms with E-state index in [9.17, 15) is 12.8 Å². The van der Waals surface area contributed by atoms with Crippen LogP contribution in [0.4, 0.5) is 10.2 Å².